The molecule has 2 heteroatoms. The van der Waals surface area contributed by atoms with E-state index in [2.05, 4.69) is 6.92 Å². The molecule has 0 bridgehead atoms. The van der Waals surface area contributed by atoms with Crippen LogP contribution in [0.25, 0.3) is 5.70 Å². The number of carbonyl (C=O) groups is 1. The molecule has 0 amide bonds. The highest BCUT2D eigenvalue weighted by molar-refractivity contribution is 5.82. The number of ketones is 1. The SMILES string of the molecule is CC/C=C(/N)c1ccc(CC(=O)C(C)C)cc1. The Bertz CT molecular complexity index is 401. The topological polar surface area (TPSA) is 43.1 Å². The van der Waals surface area contributed by atoms with Gasteiger partial charge in [0.2, 0.25) is 0 Å². The summed E-state index contributed by atoms with van der Waals surface area (Å²) >= 11 is 0. The zero-order valence-electron chi connectivity index (χ0n) is 10.9. The van der Waals surface area contributed by atoms with Crippen LogP contribution in [0.15, 0.2) is 30.3 Å². The zero-order chi connectivity index (χ0) is 12.8. The van der Waals surface area contributed by atoms with E-state index in [4.69, 9.17) is 5.73 Å². The second-order valence-electron chi connectivity index (χ2n) is 4.56. The number of carbonyl (C=O) groups excluding carboxylic acids is 1. The molecule has 0 radical (unpaired) electrons. The molecular weight excluding hydrogens is 210 g/mol. The fourth-order valence-corrected chi connectivity index (χ4v) is 1.56. The summed E-state index contributed by atoms with van der Waals surface area (Å²) in [4.78, 5) is 11.6. The maximum atomic E-state index is 11.6. The maximum Gasteiger partial charge on any atom is 0.139 e. The van der Waals surface area contributed by atoms with Gasteiger partial charge in [-0.1, -0.05) is 51.1 Å². The van der Waals surface area contributed by atoms with Gasteiger partial charge in [0, 0.05) is 18.0 Å². The van der Waals surface area contributed by atoms with Gasteiger partial charge in [0.25, 0.3) is 0 Å². The van der Waals surface area contributed by atoms with Crippen LogP contribution in [0.4, 0.5) is 0 Å². The highest BCUT2D eigenvalue weighted by Gasteiger charge is 2.08. The Hall–Kier alpha value is -1.57. The van der Waals surface area contributed by atoms with Crippen LogP contribution in [-0.2, 0) is 11.2 Å². The van der Waals surface area contributed by atoms with Crippen molar-refractivity contribution in [1.29, 1.82) is 0 Å². The van der Waals surface area contributed by atoms with Crippen molar-refractivity contribution >= 4 is 11.5 Å². The quantitative estimate of drug-likeness (QED) is 0.845. The normalized spacial score (nSPS) is 11.9. The van der Waals surface area contributed by atoms with Gasteiger partial charge < -0.3 is 5.73 Å². The predicted molar refractivity (Wildman–Crippen MR) is 72.4 cm³/mol. The maximum absolute atomic E-state index is 11.6. The van der Waals surface area contributed by atoms with E-state index in [0.29, 0.717) is 6.42 Å². The molecule has 0 aliphatic carbocycles. The summed E-state index contributed by atoms with van der Waals surface area (Å²) in [5.41, 5.74) is 8.77. The monoisotopic (exact) mass is 231 g/mol. The molecule has 0 unspecified atom stereocenters. The lowest BCUT2D eigenvalue weighted by molar-refractivity contribution is -0.121. The van der Waals surface area contributed by atoms with Crippen molar-refractivity contribution in [3.05, 3.63) is 41.5 Å². The average Bonchev–Trinajstić information content (AvgIpc) is 2.30. The first-order chi connectivity index (χ1) is 8.04. The largest absolute Gasteiger partial charge is 0.399 e. The lowest BCUT2D eigenvalue weighted by Gasteiger charge is -2.06. The molecule has 17 heavy (non-hydrogen) atoms. The number of hydrogen-bond donors (Lipinski definition) is 1. The molecule has 0 aromatic heterocycles. The summed E-state index contributed by atoms with van der Waals surface area (Å²) in [5, 5.41) is 0. The van der Waals surface area contributed by atoms with E-state index < -0.39 is 0 Å². The number of rotatable bonds is 5. The molecule has 0 atom stereocenters. The minimum absolute atomic E-state index is 0.0970. The number of allylic oxidation sites excluding steroid dienone is 1. The Morgan fingerprint density at radius 1 is 1.29 bits per heavy atom. The molecule has 1 rings (SSSR count). The summed E-state index contributed by atoms with van der Waals surface area (Å²) in [5.74, 6) is 0.370. The molecule has 1 aromatic rings. The van der Waals surface area contributed by atoms with Gasteiger partial charge in [0.05, 0.1) is 0 Å². The first kappa shape index (κ1) is 13.5. The minimum atomic E-state index is 0.0970. The van der Waals surface area contributed by atoms with Crippen molar-refractivity contribution in [2.45, 2.75) is 33.6 Å². The van der Waals surface area contributed by atoms with Gasteiger partial charge >= 0.3 is 0 Å². The van der Waals surface area contributed by atoms with Crippen LogP contribution in [0.2, 0.25) is 0 Å². The van der Waals surface area contributed by atoms with Crippen molar-refractivity contribution in [1.82, 2.24) is 0 Å². The summed E-state index contributed by atoms with van der Waals surface area (Å²) < 4.78 is 0. The number of benzene rings is 1. The third-order valence-corrected chi connectivity index (χ3v) is 2.73. The van der Waals surface area contributed by atoms with Gasteiger partial charge in [-0.3, -0.25) is 4.79 Å². The highest BCUT2D eigenvalue weighted by Crippen LogP contribution is 2.13. The molecule has 0 saturated heterocycles. The van der Waals surface area contributed by atoms with Crippen LogP contribution in [0, 0.1) is 5.92 Å². The van der Waals surface area contributed by atoms with Crippen LogP contribution >= 0.6 is 0 Å². The molecule has 0 heterocycles. The van der Waals surface area contributed by atoms with E-state index in [9.17, 15) is 4.79 Å². The molecule has 0 fully saturated rings. The van der Waals surface area contributed by atoms with Crippen molar-refractivity contribution in [3.63, 3.8) is 0 Å². The third kappa shape index (κ3) is 4.06. The molecule has 0 aliphatic heterocycles. The summed E-state index contributed by atoms with van der Waals surface area (Å²) in [6.07, 6.45) is 3.43. The number of nitrogens with two attached hydrogens (primary N) is 1. The first-order valence-corrected chi connectivity index (χ1v) is 6.12. The predicted octanol–water partition coefficient (Wildman–Crippen LogP) is 3.16. The van der Waals surface area contributed by atoms with Gasteiger partial charge in [0.1, 0.15) is 5.78 Å². The Labute approximate surface area is 104 Å². The molecule has 0 saturated carbocycles. The Kier molecular flexibility index (Phi) is 4.95. The number of Topliss-reactive ketones (excluding diaryl/α,β-unsaturated/α-hetero) is 1. The zero-order valence-corrected chi connectivity index (χ0v) is 10.9. The van der Waals surface area contributed by atoms with Gasteiger partial charge in [0.15, 0.2) is 0 Å². The summed E-state index contributed by atoms with van der Waals surface area (Å²) in [6, 6.07) is 7.91. The lowest BCUT2D eigenvalue weighted by atomic mass is 10.00. The van der Waals surface area contributed by atoms with Crippen LogP contribution in [-0.4, -0.2) is 5.78 Å². The van der Waals surface area contributed by atoms with Crippen LogP contribution in [0.1, 0.15) is 38.3 Å². The van der Waals surface area contributed by atoms with Crippen molar-refractivity contribution in [2.24, 2.45) is 11.7 Å². The van der Waals surface area contributed by atoms with E-state index in [1.807, 2.05) is 44.2 Å². The van der Waals surface area contributed by atoms with Gasteiger partial charge in [-0.05, 0) is 17.5 Å². The summed E-state index contributed by atoms with van der Waals surface area (Å²) in [6.45, 7) is 5.92. The smallest absolute Gasteiger partial charge is 0.139 e. The van der Waals surface area contributed by atoms with E-state index in [-0.39, 0.29) is 11.7 Å². The van der Waals surface area contributed by atoms with Gasteiger partial charge in [-0.15, -0.1) is 0 Å². The third-order valence-electron chi connectivity index (χ3n) is 2.73. The summed E-state index contributed by atoms with van der Waals surface area (Å²) in [7, 11) is 0. The standard InChI is InChI=1S/C15H21NO/c1-4-5-14(16)13-8-6-12(7-9-13)10-15(17)11(2)3/h5-9,11H,4,10,16H2,1-3H3/b14-5+. The first-order valence-electron chi connectivity index (χ1n) is 6.12. The van der Waals surface area contributed by atoms with E-state index in [1.54, 1.807) is 0 Å². The second-order valence-corrected chi connectivity index (χ2v) is 4.56. The highest BCUT2D eigenvalue weighted by atomic mass is 16.1. The van der Waals surface area contributed by atoms with E-state index >= 15 is 0 Å². The van der Waals surface area contributed by atoms with Crippen LogP contribution in [0.3, 0.4) is 0 Å². The molecule has 0 spiro atoms. The Balaban J connectivity index is 2.75. The molecule has 0 aliphatic rings. The Morgan fingerprint density at radius 3 is 2.35 bits per heavy atom. The van der Waals surface area contributed by atoms with Gasteiger partial charge in [-0.2, -0.15) is 0 Å². The van der Waals surface area contributed by atoms with E-state index in [1.165, 1.54) is 0 Å². The molecule has 2 N–H and O–H groups in total. The second kappa shape index (κ2) is 6.24. The van der Waals surface area contributed by atoms with Crippen molar-refractivity contribution < 1.29 is 4.79 Å². The van der Waals surface area contributed by atoms with Crippen LogP contribution in [0.5, 0.6) is 0 Å². The lowest BCUT2D eigenvalue weighted by Crippen LogP contribution is -2.10. The number of hydrogen-bond acceptors (Lipinski definition) is 2. The molecule has 2 nitrogen and oxygen atoms in total. The Morgan fingerprint density at radius 2 is 1.88 bits per heavy atom. The van der Waals surface area contributed by atoms with Crippen LogP contribution < -0.4 is 5.73 Å². The average molecular weight is 231 g/mol. The van der Waals surface area contributed by atoms with Gasteiger partial charge in [-0.25, -0.2) is 0 Å². The molecule has 92 valence electrons. The van der Waals surface area contributed by atoms with E-state index in [0.717, 1.165) is 23.2 Å². The molecular formula is C15H21NO. The van der Waals surface area contributed by atoms with Crippen molar-refractivity contribution in [3.8, 4) is 0 Å². The molecule has 1 aromatic carbocycles. The fraction of sp³-hybridized carbons (Fsp3) is 0.400. The fourth-order valence-electron chi connectivity index (χ4n) is 1.56. The van der Waals surface area contributed by atoms with Crippen molar-refractivity contribution in [2.75, 3.05) is 0 Å². The minimum Gasteiger partial charge on any atom is -0.399 e.